The highest BCUT2D eigenvalue weighted by Gasteiger charge is 2.31. The molecule has 4 N–H and O–H groups in total. The van der Waals surface area contributed by atoms with E-state index >= 15 is 0 Å². The van der Waals surface area contributed by atoms with E-state index in [2.05, 4.69) is 20.9 Å². The molecule has 0 aromatic carbocycles. The van der Waals surface area contributed by atoms with Gasteiger partial charge in [0, 0.05) is 17.8 Å². The number of amides is 1. The van der Waals surface area contributed by atoms with Gasteiger partial charge in [-0.05, 0) is 0 Å². The maximum atomic E-state index is 11.7. The number of hydrogen-bond acceptors (Lipinski definition) is 4. The summed E-state index contributed by atoms with van der Waals surface area (Å²) in [7, 11) is 0. The Kier molecular flexibility index (Phi) is 2.52. The number of alkyl halides is 1. The molecule has 0 bridgehead atoms. The topological polar surface area (TPSA) is 85.2 Å². The summed E-state index contributed by atoms with van der Waals surface area (Å²) in [6.07, 6.45) is 3.47. The lowest BCUT2D eigenvalue weighted by atomic mass is 10.3. The summed E-state index contributed by atoms with van der Waals surface area (Å²) >= 11 is 3.41. The Hall–Kier alpha value is -1.30. The van der Waals surface area contributed by atoms with Crippen molar-refractivity contribution < 1.29 is 4.79 Å². The van der Waals surface area contributed by atoms with Gasteiger partial charge in [-0.2, -0.15) is 0 Å². The summed E-state index contributed by atoms with van der Waals surface area (Å²) in [5.41, 5.74) is 13.0. The van der Waals surface area contributed by atoms with Crippen LogP contribution in [-0.2, 0) is 4.79 Å². The summed E-state index contributed by atoms with van der Waals surface area (Å²) in [6, 6.07) is 0. The summed E-state index contributed by atoms with van der Waals surface area (Å²) < 4.78 is 0. The Labute approximate surface area is 95.6 Å². The molecule has 1 amide bonds. The van der Waals surface area contributed by atoms with Gasteiger partial charge in [0.15, 0.2) is 0 Å². The second-order valence-electron chi connectivity index (χ2n) is 3.47. The van der Waals surface area contributed by atoms with Crippen molar-refractivity contribution in [1.82, 2.24) is 4.98 Å². The van der Waals surface area contributed by atoms with Crippen LogP contribution in [-0.4, -0.2) is 22.3 Å². The molecule has 0 saturated carbocycles. The van der Waals surface area contributed by atoms with E-state index in [0.29, 0.717) is 30.0 Å². The SMILES string of the molecule is Nc1cncc(N)c1N1CC(Br)CC1=O. The van der Waals surface area contributed by atoms with Crippen LogP contribution in [0.15, 0.2) is 12.4 Å². The summed E-state index contributed by atoms with van der Waals surface area (Å²) in [5, 5.41) is 0. The van der Waals surface area contributed by atoms with Crippen LogP contribution >= 0.6 is 15.9 Å². The zero-order chi connectivity index (χ0) is 11.0. The number of nitrogens with zero attached hydrogens (tertiary/aromatic N) is 2. The molecule has 0 spiro atoms. The Morgan fingerprint density at radius 1 is 1.40 bits per heavy atom. The highest BCUT2D eigenvalue weighted by atomic mass is 79.9. The minimum absolute atomic E-state index is 0.0291. The molecule has 1 unspecified atom stereocenters. The monoisotopic (exact) mass is 270 g/mol. The second-order valence-corrected chi connectivity index (χ2v) is 4.77. The number of carbonyl (C=O) groups excluding carboxylic acids is 1. The number of hydrogen-bond donors (Lipinski definition) is 2. The molecule has 1 aromatic rings. The number of anilines is 3. The van der Waals surface area contributed by atoms with Gasteiger partial charge >= 0.3 is 0 Å². The van der Waals surface area contributed by atoms with Crippen LogP contribution in [0.2, 0.25) is 0 Å². The number of rotatable bonds is 1. The first-order chi connectivity index (χ1) is 7.09. The van der Waals surface area contributed by atoms with E-state index in [9.17, 15) is 4.79 Å². The zero-order valence-corrected chi connectivity index (χ0v) is 9.57. The molecule has 1 aliphatic rings. The molecule has 2 heterocycles. The van der Waals surface area contributed by atoms with E-state index in [1.165, 1.54) is 12.4 Å². The number of pyridine rings is 1. The van der Waals surface area contributed by atoms with Crippen LogP contribution in [0.3, 0.4) is 0 Å². The predicted octanol–water partition coefficient (Wildman–Crippen LogP) is 0.746. The molecule has 15 heavy (non-hydrogen) atoms. The smallest absolute Gasteiger partial charge is 0.228 e. The molecular weight excluding hydrogens is 260 g/mol. The van der Waals surface area contributed by atoms with E-state index in [4.69, 9.17) is 11.5 Å². The van der Waals surface area contributed by atoms with E-state index in [-0.39, 0.29) is 10.7 Å². The predicted molar refractivity (Wildman–Crippen MR) is 62.7 cm³/mol. The van der Waals surface area contributed by atoms with Crippen LogP contribution in [0, 0.1) is 0 Å². The summed E-state index contributed by atoms with van der Waals surface area (Å²) in [6.45, 7) is 0.594. The number of nitrogens with two attached hydrogens (primary N) is 2. The lowest BCUT2D eigenvalue weighted by molar-refractivity contribution is -0.117. The summed E-state index contributed by atoms with van der Waals surface area (Å²) in [5.74, 6) is 0.0291. The van der Waals surface area contributed by atoms with Crippen LogP contribution in [0.5, 0.6) is 0 Å². The van der Waals surface area contributed by atoms with Gasteiger partial charge < -0.3 is 16.4 Å². The van der Waals surface area contributed by atoms with Gasteiger partial charge in [-0.25, -0.2) is 0 Å². The molecule has 1 aromatic heterocycles. The molecule has 2 rings (SSSR count). The van der Waals surface area contributed by atoms with Gasteiger partial charge in [-0.1, -0.05) is 15.9 Å². The molecule has 6 heteroatoms. The number of halogens is 1. The number of carbonyl (C=O) groups is 1. The fourth-order valence-electron chi connectivity index (χ4n) is 1.68. The average Bonchev–Trinajstić information content (AvgIpc) is 2.45. The third-order valence-corrected chi connectivity index (χ3v) is 2.94. The van der Waals surface area contributed by atoms with Crippen LogP contribution in [0.1, 0.15) is 6.42 Å². The highest BCUT2D eigenvalue weighted by Crippen LogP contribution is 2.33. The fourth-order valence-corrected chi connectivity index (χ4v) is 2.25. The third kappa shape index (κ3) is 1.77. The molecular formula is C9H11BrN4O. The maximum absolute atomic E-state index is 11.7. The van der Waals surface area contributed by atoms with Crippen molar-refractivity contribution in [2.45, 2.75) is 11.2 Å². The number of nitrogen functional groups attached to an aromatic ring is 2. The first kappa shape index (κ1) is 10.2. The third-order valence-electron chi connectivity index (χ3n) is 2.32. The molecule has 0 aliphatic carbocycles. The fraction of sp³-hybridized carbons (Fsp3) is 0.333. The van der Waals surface area contributed by atoms with Crippen LogP contribution in [0.4, 0.5) is 17.1 Å². The molecule has 1 aliphatic heterocycles. The van der Waals surface area contributed by atoms with E-state index < -0.39 is 0 Å². The minimum Gasteiger partial charge on any atom is -0.396 e. The molecule has 80 valence electrons. The van der Waals surface area contributed by atoms with Crippen molar-refractivity contribution in [2.75, 3.05) is 22.9 Å². The summed E-state index contributed by atoms with van der Waals surface area (Å²) in [4.78, 5) is 17.3. The lowest BCUT2D eigenvalue weighted by Gasteiger charge is -2.19. The zero-order valence-electron chi connectivity index (χ0n) is 7.98. The Morgan fingerprint density at radius 2 is 2.00 bits per heavy atom. The Morgan fingerprint density at radius 3 is 2.47 bits per heavy atom. The standard InChI is InChI=1S/C9H11BrN4O/c10-5-1-8(15)14(4-5)9-6(11)2-13-3-7(9)12/h2-3,5H,1,4,11-12H2. The number of aromatic nitrogens is 1. The van der Waals surface area contributed by atoms with Crippen molar-refractivity contribution in [3.8, 4) is 0 Å². The van der Waals surface area contributed by atoms with Gasteiger partial charge in [-0.15, -0.1) is 0 Å². The van der Waals surface area contributed by atoms with Crippen molar-refractivity contribution >= 4 is 38.9 Å². The van der Waals surface area contributed by atoms with Crippen LogP contribution < -0.4 is 16.4 Å². The largest absolute Gasteiger partial charge is 0.396 e. The van der Waals surface area contributed by atoms with Gasteiger partial charge in [0.2, 0.25) is 5.91 Å². The van der Waals surface area contributed by atoms with Crippen molar-refractivity contribution in [2.24, 2.45) is 0 Å². The molecule has 1 fully saturated rings. The molecule has 0 radical (unpaired) electrons. The van der Waals surface area contributed by atoms with E-state index in [0.717, 1.165) is 0 Å². The van der Waals surface area contributed by atoms with Gasteiger partial charge in [0.05, 0.1) is 29.5 Å². The first-order valence-corrected chi connectivity index (χ1v) is 5.44. The molecule has 1 saturated heterocycles. The van der Waals surface area contributed by atoms with Crippen molar-refractivity contribution in [3.05, 3.63) is 12.4 Å². The first-order valence-electron chi connectivity index (χ1n) is 4.53. The quantitative estimate of drug-likeness (QED) is 0.738. The normalized spacial score (nSPS) is 21.0. The average molecular weight is 271 g/mol. The Bertz CT molecular complexity index is 389. The van der Waals surface area contributed by atoms with E-state index in [1.807, 2.05) is 0 Å². The molecule has 5 nitrogen and oxygen atoms in total. The second kappa shape index (κ2) is 3.69. The van der Waals surface area contributed by atoms with Crippen molar-refractivity contribution in [3.63, 3.8) is 0 Å². The van der Waals surface area contributed by atoms with E-state index in [1.54, 1.807) is 4.90 Å². The minimum atomic E-state index is 0.0291. The molecule has 1 atom stereocenters. The lowest BCUT2D eigenvalue weighted by Crippen LogP contribution is -2.26. The van der Waals surface area contributed by atoms with Gasteiger partial charge in [0.25, 0.3) is 0 Å². The van der Waals surface area contributed by atoms with Crippen LogP contribution in [0.25, 0.3) is 0 Å². The Balaban J connectivity index is 2.41. The van der Waals surface area contributed by atoms with Gasteiger partial charge in [0.1, 0.15) is 0 Å². The van der Waals surface area contributed by atoms with Gasteiger partial charge in [-0.3, -0.25) is 9.78 Å². The maximum Gasteiger partial charge on any atom is 0.228 e. The highest BCUT2D eigenvalue weighted by molar-refractivity contribution is 9.09. The van der Waals surface area contributed by atoms with Crippen molar-refractivity contribution in [1.29, 1.82) is 0 Å².